The third kappa shape index (κ3) is 4.16. The van der Waals surface area contributed by atoms with Crippen LogP contribution in [-0.4, -0.2) is 35.2 Å². The van der Waals surface area contributed by atoms with Gasteiger partial charge in [0.25, 0.3) is 11.6 Å². The fourth-order valence-electron chi connectivity index (χ4n) is 2.14. The number of nitrogens with one attached hydrogen (secondary N) is 1. The van der Waals surface area contributed by atoms with Gasteiger partial charge in [0.15, 0.2) is 0 Å². The van der Waals surface area contributed by atoms with E-state index in [9.17, 15) is 19.7 Å². The third-order valence-electron chi connectivity index (χ3n) is 3.39. The summed E-state index contributed by atoms with van der Waals surface area (Å²) >= 11 is 0. The molecule has 0 heterocycles. The molecular weight excluding hydrogens is 310 g/mol. The molecule has 0 spiro atoms. The Hall–Kier alpha value is -3.22. The maximum absolute atomic E-state index is 12.3. The van der Waals surface area contributed by atoms with Crippen LogP contribution in [0, 0.1) is 17.0 Å². The fraction of sp³-hybridized carbons (Fsp3) is 0.176. The molecule has 0 aliphatic heterocycles. The average molecular weight is 327 g/mol. The van der Waals surface area contributed by atoms with Crippen LogP contribution in [0.4, 0.5) is 11.4 Å². The van der Waals surface area contributed by atoms with Crippen molar-refractivity contribution in [2.24, 2.45) is 0 Å². The molecule has 2 aromatic carbocycles. The highest BCUT2D eigenvalue weighted by Gasteiger charge is 2.23. The van der Waals surface area contributed by atoms with Gasteiger partial charge in [0.2, 0.25) is 5.91 Å². The molecular formula is C17H17N3O4. The molecule has 2 rings (SSSR count). The van der Waals surface area contributed by atoms with E-state index in [-0.39, 0.29) is 23.7 Å². The van der Waals surface area contributed by atoms with E-state index in [2.05, 4.69) is 5.32 Å². The number of hydrogen-bond acceptors (Lipinski definition) is 4. The van der Waals surface area contributed by atoms with Crippen LogP contribution in [0.5, 0.6) is 0 Å². The first-order chi connectivity index (χ1) is 11.4. The van der Waals surface area contributed by atoms with Crippen molar-refractivity contribution in [1.82, 2.24) is 4.90 Å². The summed E-state index contributed by atoms with van der Waals surface area (Å²) in [5.41, 5.74) is 1.36. The summed E-state index contributed by atoms with van der Waals surface area (Å²) in [6, 6.07) is 12.9. The number of aryl methyl sites for hydroxylation is 1. The van der Waals surface area contributed by atoms with Crippen LogP contribution >= 0.6 is 0 Å². The zero-order chi connectivity index (χ0) is 17.7. The number of para-hydroxylation sites is 1. The Kier molecular flexibility index (Phi) is 5.26. The van der Waals surface area contributed by atoms with Gasteiger partial charge in [-0.3, -0.25) is 19.7 Å². The second-order valence-electron chi connectivity index (χ2n) is 5.35. The first kappa shape index (κ1) is 17.1. The third-order valence-corrected chi connectivity index (χ3v) is 3.39. The van der Waals surface area contributed by atoms with Crippen LogP contribution in [0.1, 0.15) is 15.9 Å². The van der Waals surface area contributed by atoms with E-state index >= 15 is 0 Å². The van der Waals surface area contributed by atoms with Gasteiger partial charge >= 0.3 is 0 Å². The second-order valence-corrected chi connectivity index (χ2v) is 5.35. The maximum atomic E-state index is 12.3. The highest BCUT2D eigenvalue weighted by Crippen LogP contribution is 2.19. The number of amides is 2. The monoisotopic (exact) mass is 327 g/mol. The predicted octanol–water partition coefficient (Wildman–Crippen LogP) is 2.61. The Morgan fingerprint density at radius 3 is 2.38 bits per heavy atom. The largest absolute Gasteiger partial charge is 0.332 e. The second kappa shape index (κ2) is 7.36. The summed E-state index contributed by atoms with van der Waals surface area (Å²) in [7, 11) is 1.42. The lowest BCUT2D eigenvalue weighted by molar-refractivity contribution is -0.385. The SMILES string of the molecule is Cc1ccc(NC(=O)CN(C)C(=O)c2ccccc2[N+](=O)[O-])cc1. The molecule has 0 atom stereocenters. The van der Waals surface area contributed by atoms with Crippen molar-refractivity contribution in [2.75, 3.05) is 18.9 Å². The Morgan fingerprint density at radius 1 is 1.12 bits per heavy atom. The van der Waals surface area contributed by atoms with E-state index in [4.69, 9.17) is 0 Å². The van der Waals surface area contributed by atoms with E-state index in [1.54, 1.807) is 18.2 Å². The topological polar surface area (TPSA) is 92.6 Å². The van der Waals surface area contributed by atoms with Crippen LogP contribution in [-0.2, 0) is 4.79 Å². The van der Waals surface area contributed by atoms with E-state index in [0.29, 0.717) is 5.69 Å². The van der Waals surface area contributed by atoms with Crippen LogP contribution in [0.2, 0.25) is 0 Å². The molecule has 2 amide bonds. The standard InChI is InChI=1S/C17H17N3O4/c1-12-7-9-13(10-8-12)18-16(21)11-19(2)17(22)14-5-3-4-6-15(14)20(23)24/h3-10H,11H2,1-2H3,(H,18,21). The lowest BCUT2D eigenvalue weighted by atomic mass is 10.1. The van der Waals surface area contributed by atoms with Crippen LogP contribution in [0.3, 0.4) is 0 Å². The molecule has 0 saturated heterocycles. The van der Waals surface area contributed by atoms with Gasteiger partial charge in [0.1, 0.15) is 5.56 Å². The van der Waals surface area contributed by atoms with Gasteiger partial charge in [-0.2, -0.15) is 0 Å². The average Bonchev–Trinajstić information content (AvgIpc) is 2.56. The van der Waals surface area contributed by atoms with E-state index in [0.717, 1.165) is 10.5 Å². The smallest absolute Gasteiger partial charge is 0.282 e. The van der Waals surface area contributed by atoms with Crippen LogP contribution in [0.15, 0.2) is 48.5 Å². The Balaban J connectivity index is 2.05. The summed E-state index contributed by atoms with van der Waals surface area (Å²) in [4.78, 5) is 35.9. The molecule has 2 aromatic rings. The first-order valence-electron chi connectivity index (χ1n) is 7.24. The van der Waals surface area contributed by atoms with Crippen LogP contribution in [0.25, 0.3) is 0 Å². The van der Waals surface area contributed by atoms with Crippen molar-refractivity contribution in [2.45, 2.75) is 6.92 Å². The zero-order valence-corrected chi connectivity index (χ0v) is 13.4. The number of hydrogen-bond donors (Lipinski definition) is 1. The number of benzene rings is 2. The number of nitro groups is 1. The van der Waals surface area contributed by atoms with Crippen molar-refractivity contribution in [3.8, 4) is 0 Å². The quantitative estimate of drug-likeness (QED) is 0.675. The molecule has 1 N–H and O–H groups in total. The minimum Gasteiger partial charge on any atom is -0.332 e. The summed E-state index contributed by atoms with van der Waals surface area (Å²) in [5, 5.41) is 13.7. The van der Waals surface area contributed by atoms with E-state index in [1.807, 2.05) is 19.1 Å². The van der Waals surface area contributed by atoms with E-state index < -0.39 is 10.8 Å². The van der Waals surface area contributed by atoms with Gasteiger partial charge in [0, 0.05) is 18.8 Å². The normalized spacial score (nSPS) is 10.1. The number of carbonyl (C=O) groups excluding carboxylic acids is 2. The number of carbonyl (C=O) groups is 2. The lowest BCUT2D eigenvalue weighted by Gasteiger charge is -2.17. The minimum absolute atomic E-state index is 0.0480. The van der Waals surface area contributed by atoms with Crippen molar-refractivity contribution < 1.29 is 14.5 Å². The molecule has 0 radical (unpaired) electrons. The molecule has 124 valence electrons. The molecule has 24 heavy (non-hydrogen) atoms. The molecule has 0 aliphatic rings. The Bertz CT molecular complexity index is 772. The number of rotatable bonds is 5. The van der Waals surface area contributed by atoms with E-state index in [1.165, 1.54) is 25.2 Å². The fourth-order valence-corrected chi connectivity index (χ4v) is 2.14. The number of nitro benzene ring substituents is 1. The minimum atomic E-state index is -0.618. The van der Waals surface area contributed by atoms with Gasteiger partial charge in [-0.1, -0.05) is 29.8 Å². The summed E-state index contributed by atoms with van der Waals surface area (Å²) in [5.74, 6) is -0.963. The van der Waals surface area contributed by atoms with Crippen molar-refractivity contribution >= 4 is 23.2 Å². The Labute approximate surface area is 139 Å². The highest BCUT2D eigenvalue weighted by molar-refractivity contribution is 6.01. The van der Waals surface area contributed by atoms with Gasteiger partial charge in [0.05, 0.1) is 11.5 Å². The number of likely N-dealkylation sites (N-methyl/N-ethyl adjacent to an activating group) is 1. The van der Waals surface area contributed by atoms with Crippen molar-refractivity contribution in [3.05, 3.63) is 69.8 Å². The molecule has 0 saturated carbocycles. The molecule has 0 aromatic heterocycles. The first-order valence-corrected chi connectivity index (χ1v) is 7.24. The molecule has 0 aliphatic carbocycles. The number of anilines is 1. The molecule has 7 nitrogen and oxygen atoms in total. The predicted molar refractivity (Wildman–Crippen MR) is 89.9 cm³/mol. The van der Waals surface area contributed by atoms with Crippen molar-refractivity contribution in [3.63, 3.8) is 0 Å². The van der Waals surface area contributed by atoms with Gasteiger partial charge in [-0.05, 0) is 25.1 Å². The van der Waals surface area contributed by atoms with Gasteiger partial charge in [-0.25, -0.2) is 0 Å². The highest BCUT2D eigenvalue weighted by atomic mass is 16.6. The summed E-state index contributed by atoms with van der Waals surface area (Å²) in [6.45, 7) is 1.73. The lowest BCUT2D eigenvalue weighted by Crippen LogP contribution is -2.35. The zero-order valence-electron chi connectivity index (χ0n) is 13.4. The van der Waals surface area contributed by atoms with Crippen molar-refractivity contribution in [1.29, 1.82) is 0 Å². The maximum Gasteiger partial charge on any atom is 0.282 e. The van der Waals surface area contributed by atoms with Gasteiger partial charge in [-0.15, -0.1) is 0 Å². The molecule has 0 unspecified atom stereocenters. The molecule has 0 fully saturated rings. The molecule has 0 bridgehead atoms. The number of nitrogens with zero attached hydrogens (tertiary/aromatic N) is 2. The summed E-state index contributed by atoms with van der Waals surface area (Å²) in [6.07, 6.45) is 0. The molecule has 7 heteroatoms. The van der Waals surface area contributed by atoms with Gasteiger partial charge < -0.3 is 10.2 Å². The summed E-state index contributed by atoms with van der Waals surface area (Å²) < 4.78 is 0. The van der Waals surface area contributed by atoms with Crippen LogP contribution < -0.4 is 5.32 Å². The Morgan fingerprint density at radius 2 is 1.75 bits per heavy atom.